The van der Waals surface area contributed by atoms with Gasteiger partial charge in [0.15, 0.2) is 5.76 Å². The zero-order valence-corrected chi connectivity index (χ0v) is 15.7. The summed E-state index contributed by atoms with van der Waals surface area (Å²) in [6.07, 6.45) is 4.47. The Morgan fingerprint density at radius 2 is 1.89 bits per heavy atom. The summed E-state index contributed by atoms with van der Waals surface area (Å²) in [6.45, 7) is 5.33. The third kappa shape index (κ3) is 3.39. The number of benzene rings is 1. The smallest absolute Gasteiger partial charge is 0.344 e. The fourth-order valence-corrected chi connectivity index (χ4v) is 4.67. The molecule has 2 aromatic rings. The van der Waals surface area contributed by atoms with Gasteiger partial charge >= 0.3 is 5.63 Å². The zero-order valence-electron chi connectivity index (χ0n) is 15.7. The predicted octanol–water partition coefficient (Wildman–Crippen LogP) is 2.56. The van der Waals surface area contributed by atoms with Gasteiger partial charge in [0.25, 0.3) is 5.91 Å². The summed E-state index contributed by atoms with van der Waals surface area (Å²) in [4.78, 5) is 27.5. The molecule has 1 N–H and O–H groups in total. The summed E-state index contributed by atoms with van der Waals surface area (Å²) in [5.74, 6) is -0.259. The van der Waals surface area contributed by atoms with Crippen molar-refractivity contribution in [2.75, 3.05) is 26.3 Å². The lowest BCUT2D eigenvalue weighted by atomic mass is 9.86. The van der Waals surface area contributed by atoms with Crippen LogP contribution >= 0.6 is 0 Å². The average Bonchev–Trinajstić information content (AvgIpc) is 3.20. The van der Waals surface area contributed by atoms with Crippen LogP contribution in [-0.2, 0) is 4.74 Å². The fourth-order valence-electron chi connectivity index (χ4n) is 4.67. The molecule has 1 saturated carbocycles. The highest BCUT2D eigenvalue weighted by molar-refractivity contribution is 5.95. The van der Waals surface area contributed by atoms with E-state index in [4.69, 9.17) is 9.15 Å². The molecule has 1 amide bonds. The Balaban J connectivity index is 1.57. The van der Waals surface area contributed by atoms with E-state index < -0.39 is 5.63 Å². The van der Waals surface area contributed by atoms with Crippen molar-refractivity contribution in [1.29, 1.82) is 0 Å². The molecule has 0 radical (unpaired) electrons. The lowest BCUT2D eigenvalue weighted by Gasteiger charge is -2.47. The van der Waals surface area contributed by atoms with E-state index in [1.54, 1.807) is 18.2 Å². The highest BCUT2D eigenvalue weighted by Gasteiger charge is 2.45. The first-order chi connectivity index (χ1) is 13.1. The molecule has 2 aliphatic rings. The lowest BCUT2D eigenvalue weighted by Crippen LogP contribution is -2.62. The Labute approximate surface area is 158 Å². The monoisotopic (exact) mass is 370 g/mol. The van der Waals surface area contributed by atoms with Gasteiger partial charge in [-0.1, -0.05) is 31.0 Å². The van der Waals surface area contributed by atoms with Crippen molar-refractivity contribution in [2.45, 2.75) is 44.2 Å². The van der Waals surface area contributed by atoms with Gasteiger partial charge in [0.2, 0.25) is 0 Å². The third-order valence-corrected chi connectivity index (χ3v) is 6.16. The first kappa shape index (κ1) is 18.2. The first-order valence-corrected chi connectivity index (χ1v) is 9.77. The molecular formula is C21H26N2O4. The van der Waals surface area contributed by atoms with Crippen LogP contribution in [0.4, 0.5) is 0 Å². The van der Waals surface area contributed by atoms with E-state index in [1.165, 1.54) is 12.8 Å². The molecule has 1 unspecified atom stereocenters. The van der Waals surface area contributed by atoms with Crippen LogP contribution in [0.2, 0.25) is 0 Å². The molecule has 1 aliphatic heterocycles. The standard InChI is InChI=1S/C21H26N2O4/c1-15(21(8-4-5-9-21)23-10-12-26-13-11-23)22-19(24)18-14-16-6-2-3-7-17(16)20(25)27-18/h2-3,6-7,14-15H,4-5,8-13H2,1H3,(H,22,24). The van der Waals surface area contributed by atoms with Crippen molar-refractivity contribution in [3.8, 4) is 0 Å². The maximum atomic E-state index is 12.8. The molecule has 144 valence electrons. The number of hydrogen-bond acceptors (Lipinski definition) is 5. The Kier molecular flexibility index (Phi) is 5.02. The minimum Gasteiger partial charge on any atom is -0.417 e. The number of ether oxygens (including phenoxy) is 1. The van der Waals surface area contributed by atoms with Crippen LogP contribution in [0.1, 0.15) is 43.2 Å². The van der Waals surface area contributed by atoms with E-state index >= 15 is 0 Å². The Morgan fingerprint density at radius 1 is 1.19 bits per heavy atom. The Morgan fingerprint density at radius 3 is 2.63 bits per heavy atom. The van der Waals surface area contributed by atoms with Gasteiger partial charge in [-0.2, -0.15) is 0 Å². The summed E-state index contributed by atoms with van der Waals surface area (Å²) in [5, 5.41) is 4.32. The van der Waals surface area contributed by atoms with Gasteiger partial charge in [-0.05, 0) is 37.3 Å². The first-order valence-electron chi connectivity index (χ1n) is 9.77. The van der Waals surface area contributed by atoms with Gasteiger partial charge in [-0.25, -0.2) is 4.79 Å². The molecule has 6 nitrogen and oxygen atoms in total. The quantitative estimate of drug-likeness (QED) is 0.896. The topological polar surface area (TPSA) is 71.8 Å². The van der Waals surface area contributed by atoms with Crippen molar-refractivity contribution in [3.05, 3.63) is 46.5 Å². The van der Waals surface area contributed by atoms with Crippen molar-refractivity contribution in [3.63, 3.8) is 0 Å². The molecular weight excluding hydrogens is 344 g/mol. The molecule has 1 saturated heterocycles. The molecule has 0 bridgehead atoms. The van der Waals surface area contributed by atoms with Gasteiger partial charge in [0.1, 0.15) is 0 Å². The van der Waals surface area contributed by atoms with Crippen LogP contribution < -0.4 is 10.9 Å². The number of nitrogens with zero attached hydrogens (tertiary/aromatic N) is 1. The minimum absolute atomic E-state index is 0.0395. The fraction of sp³-hybridized carbons (Fsp3) is 0.524. The molecule has 2 heterocycles. The molecule has 2 fully saturated rings. The van der Waals surface area contributed by atoms with Gasteiger partial charge in [0, 0.05) is 24.7 Å². The van der Waals surface area contributed by atoms with Crippen LogP contribution in [-0.4, -0.2) is 48.7 Å². The van der Waals surface area contributed by atoms with Crippen LogP contribution in [0.15, 0.2) is 39.5 Å². The predicted molar refractivity (Wildman–Crippen MR) is 103 cm³/mol. The third-order valence-electron chi connectivity index (χ3n) is 6.16. The summed E-state index contributed by atoms with van der Waals surface area (Å²) in [7, 11) is 0. The van der Waals surface area contributed by atoms with Gasteiger partial charge in [-0.15, -0.1) is 0 Å². The van der Waals surface area contributed by atoms with Crippen molar-refractivity contribution in [2.24, 2.45) is 0 Å². The van der Waals surface area contributed by atoms with Gasteiger partial charge in [0.05, 0.1) is 18.6 Å². The van der Waals surface area contributed by atoms with Crippen LogP contribution in [0.3, 0.4) is 0 Å². The molecule has 1 aromatic heterocycles. The molecule has 27 heavy (non-hydrogen) atoms. The summed E-state index contributed by atoms with van der Waals surface area (Å²) in [5.41, 5.74) is -0.522. The van der Waals surface area contributed by atoms with Crippen molar-refractivity contribution < 1.29 is 13.9 Å². The van der Waals surface area contributed by atoms with E-state index in [0.29, 0.717) is 5.39 Å². The molecule has 0 spiro atoms. The Bertz CT molecular complexity index is 879. The minimum atomic E-state index is -0.477. The van der Waals surface area contributed by atoms with Crippen LogP contribution in [0.25, 0.3) is 10.8 Å². The second-order valence-corrected chi connectivity index (χ2v) is 7.59. The second-order valence-electron chi connectivity index (χ2n) is 7.59. The molecule has 6 heteroatoms. The van der Waals surface area contributed by atoms with E-state index in [9.17, 15) is 9.59 Å². The maximum Gasteiger partial charge on any atom is 0.344 e. The Hall–Kier alpha value is -2.18. The molecule has 1 aliphatic carbocycles. The largest absolute Gasteiger partial charge is 0.417 e. The summed E-state index contributed by atoms with van der Waals surface area (Å²) in [6, 6.07) is 8.76. The number of hydrogen-bond donors (Lipinski definition) is 1. The number of amides is 1. The van der Waals surface area contributed by atoms with Gasteiger partial charge in [-0.3, -0.25) is 9.69 Å². The number of morpholine rings is 1. The van der Waals surface area contributed by atoms with Crippen LogP contribution in [0, 0.1) is 0 Å². The summed E-state index contributed by atoms with van der Waals surface area (Å²) >= 11 is 0. The van der Waals surface area contributed by atoms with Crippen molar-refractivity contribution in [1.82, 2.24) is 10.2 Å². The van der Waals surface area contributed by atoms with E-state index in [2.05, 4.69) is 17.1 Å². The maximum absolute atomic E-state index is 12.8. The number of nitrogens with one attached hydrogen (secondary N) is 1. The summed E-state index contributed by atoms with van der Waals surface area (Å²) < 4.78 is 10.8. The van der Waals surface area contributed by atoms with Gasteiger partial charge < -0.3 is 14.5 Å². The normalized spacial score (nSPS) is 21.2. The zero-order chi connectivity index (χ0) is 18.9. The molecule has 1 atom stereocenters. The van der Waals surface area contributed by atoms with Crippen molar-refractivity contribution >= 4 is 16.7 Å². The average molecular weight is 370 g/mol. The lowest BCUT2D eigenvalue weighted by molar-refractivity contribution is -0.0324. The number of fused-ring (bicyclic) bond motifs is 1. The van der Waals surface area contributed by atoms with E-state index in [1.807, 2.05) is 12.1 Å². The SMILES string of the molecule is CC(NC(=O)c1cc2ccccc2c(=O)o1)C1(N2CCOCC2)CCCC1. The molecule has 1 aromatic carbocycles. The van der Waals surface area contributed by atoms with Crippen LogP contribution in [0.5, 0.6) is 0 Å². The van der Waals surface area contributed by atoms with E-state index in [0.717, 1.165) is 44.5 Å². The second kappa shape index (κ2) is 7.44. The number of carbonyl (C=O) groups excluding carboxylic acids is 1. The highest BCUT2D eigenvalue weighted by Crippen LogP contribution is 2.38. The highest BCUT2D eigenvalue weighted by atomic mass is 16.5. The number of carbonyl (C=O) groups is 1. The van der Waals surface area contributed by atoms with E-state index in [-0.39, 0.29) is 23.2 Å². The number of rotatable bonds is 4. The molecule has 4 rings (SSSR count).